The van der Waals surface area contributed by atoms with Crippen LogP contribution >= 0.6 is 23.2 Å². The summed E-state index contributed by atoms with van der Waals surface area (Å²) in [6, 6.07) is 13.3. The first kappa shape index (κ1) is 15.2. The minimum Gasteiger partial charge on any atom is -0.492 e. The molecular formula is C16H17Cl2NO. The van der Waals surface area contributed by atoms with Crippen molar-refractivity contribution in [3.8, 4) is 16.9 Å². The number of halogens is 2. The minimum absolute atomic E-state index is 0.634. The summed E-state index contributed by atoms with van der Waals surface area (Å²) in [5.74, 6) is 0.771. The summed E-state index contributed by atoms with van der Waals surface area (Å²) in [5, 5.41) is 1.33. The van der Waals surface area contributed by atoms with E-state index in [2.05, 4.69) is 4.90 Å². The van der Waals surface area contributed by atoms with E-state index < -0.39 is 0 Å². The lowest BCUT2D eigenvalue weighted by Gasteiger charge is -2.12. The highest BCUT2D eigenvalue weighted by Gasteiger charge is 2.08. The number of nitrogens with zero attached hydrogens (tertiary/aromatic N) is 1. The third-order valence-corrected chi connectivity index (χ3v) is 3.55. The Bertz CT molecular complexity index is 584. The fourth-order valence-electron chi connectivity index (χ4n) is 1.83. The molecule has 0 amide bonds. The topological polar surface area (TPSA) is 12.5 Å². The van der Waals surface area contributed by atoms with Gasteiger partial charge in [0, 0.05) is 22.7 Å². The molecule has 0 saturated heterocycles. The second-order valence-corrected chi connectivity index (χ2v) is 5.59. The standard InChI is InChI=1S/C16H17Cl2NO/c1-19(2)9-10-20-12-7-8-14(16(18)11-12)13-5-3-4-6-15(13)17/h3-8,11H,9-10H2,1-2H3. The van der Waals surface area contributed by atoms with Crippen molar-refractivity contribution in [2.45, 2.75) is 0 Å². The van der Waals surface area contributed by atoms with Gasteiger partial charge >= 0.3 is 0 Å². The summed E-state index contributed by atoms with van der Waals surface area (Å²) < 4.78 is 5.66. The van der Waals surface area contributed by atoms with E-state index in [1.54, 1.807) is 0 Å². The molecule has 0 aliphatic rings. The highest BCUT2D eigenvalue weighted by atomic mass is 35.5. The van der Waals surface area contributed by atoms with E-state index in [4.69, 9.17) is 27.9 Å². The summed E-state index contributed by atoms with van der Waals surface area (Å²) in [7, 11) is 4.02. The van der Waals surface area contributed by atoms with Gasteiger partial charge in [0.1, 0.15) is 12.4 Å². The van der Waals surface area contributed by atoms with Gasteiger partial charge < -0.3 is 9.64 Å². The Morgan fingerprint density at radius 1 is 0.950 bits per heavy atom. The molecule has 0 heterocycles. The van der Waals surface area contributed by atoms with Gasteiger partial charge in [0.2, 0.25) is 0 Å². The lowest BCUT2D eigenvalue weighted by atomic mass is 10.1. The largest absolute Gasteiger partial charge is 0.492 e. The van der Waals surface area contributed by atoms with Crippen molar-refractivity contribution in [1.29, 1.82) is 0 Å². The van der Waals surface area contributed by atoms with E-state index in [0.717, 1.165) is 23.4 Å². The summed E-state index contributed by atoms with van der Waals surface area (Å²) in [5.41, 5.74) is 1.84. The second-order valence-electron chi connectivity index (χ2n) is 4.77. The predicted molar refractivity (Wildman–Crippen MR) is 85.9 cm³/mol. The highest BCUT2D eigenvalue weighted by molar-refractivity contribution is 6.36. The molecule has 20 heavy (non-hydrogen) atoms. The Balaban J connectivity index is 2.16. The van der Waals surface area contributed by atoms with Crippen LogP contribution in [0.4, 0.5) is 0 Å². The molecule has 2 aromatic carbocycles. The van der Waals surface area contributed by atoms with Gasteiger partial charge in [0.25, 0.3) is 0 Å². The normalized spacial score (nSPS) is 10.8. The summed E-state index contributed by atoms with van der Waals surface area (Å²) >= 11 is 12.5. The van der Waals surface area contributed by atoms with Crippen molar-refractivity contribution in [2.24, 2.45) is 0 Å². The molecule has 0 bridgehead atoms. The van der Waals surface area contributed by atoms with Crippen LogP contribution in [-0.2, 0) is 0 Å². The number of benzene rings is 2. The van der Waals surface area contributed by atoms with Gasteiger partial charge in [-0.25, -0.2) is 0 Å². The molecule has 2 rings (SSSR count). The second kappa shape index (κ2) is 6.98. The van der Waals surface area contributed by atoms with Crippen LogP contribution in [0.2, 0.25) is 10.0 Å². The molecule has 0 aliphatic heterocycles. The third-order valence-electron chi connectivity index (χ3n) is 2.91. The van der Waals surface area contributed by atoms with E-state index in [9.17, 15) is 0 Å². The maximum atomic E-state index is 6.33. The molecular weight excluding hydrogens is 293 g/mol. The number of hydrogen-bond donors (Lipinski definition) is 0. The molecule has 0 aromatic heterocycles. The molecule has 0 atom stereocenters. The van der Waals surface area contributed by atoms with E-state index in [0.29, 0.717) is 16.7 Å². The number of likely N-dealkylation sites (N-methyl/N-ethyl adjacent to an activating group) is 1. The summed E-state index contributed by atoms with van der Waals surface area (Å²) in [6.45, 7) is 1.50. The first-order valence-corrected chi connectivity index (χ1v) is 7.15. The van der Waals surface area contributed by atoms with Gasteiger partial charge in [0.15, 0.2) is 0 Å². The first-order valence-electron chi connectivity index (χ1n) is 6.40. The number of rotatable bonds is 5. The quantitative estimate of drug-likeness (QED) is 0.800. The SMILES string of the molecule is CN(C)CCOc1ccc(-c2ccccc2Cl)c(Cl)c1. The van der Waals surface area contributed by atoms with Crippen LogP contribution in [0.3, 0.4) is 0 Å². The lowest BCUT2D eigenvalue weighted by Crippen LogP contribution is -2.19. The fourth-order valence-corrected chi connectivity index (χ4v) is 2.34. The lowest BCUT2D eigenvalue weighted by molar-refractivity contribution is 0.261. The maximum absolute atomic E-state index is 6.33. The van der Waals surface area contributed by atoms with Crippen LogP contribution in [0.5, 0.6) is 5.75 Å². The zero-order chi connectivity index (χ0) is 14.5. The van der Waals surface area contributed by atoms with Crippen LogP contribution < -0.4 is 4.74 Å². The monoisotopic (exact) mass is 309 g/mol. The number of ether oxygens (including phenoxy) is 1. The average Bonchev–Trinajstić information content (AvgIpc) is 2.40. The van der Waals surface area contributed by atoms with Crippen molar-refractivity contribution < 1.29 is 4.74 Å². The summed E-state index contributed by atoms with van der Waals surface area (Å²) in [4.78, 5) is 2.07. The van der Waals surface area contributed by atoms with Gasteiger partial charge in [-0.2, -0.15) is 0 Å². The minimum atomic E-state index is 0.634. The fraction of sp³-hybridized carbons (Fsp3) is 0.250. The smallest absolute Gasteiger partial charge is 0.120 e. The number of hydrogen-bond acceptors (Lipinski definition) is 2. The van der Waals surface area contributed by atoms with Gasteiger partial charge in [0.05, 0.1) is 5.02 Å². The predicted octanol–water partition coefficient (Wildman–Crippen LogP) is 4.60. The van der Waals surface area contributed by atoms with Gasteiger partial charge in [-0.1, -0.05) is 41.4 Å². The summed E-state index contributed by atoms with van der Waals surface area (Å²) in [6.07, 6.45) is 0. The Kier molecular flexibility index (Phi) is 5.30. The maximum Gasteiger partial charge on any atom is 0.120 e. The molecule has 0 spiro atoms. The molecule has 2 nitrogen and oxygen atoms in total. The van der Waals surface area contributed by atoms with Crippen LogP contribution in [-0.4, -0.2) is 32.1 Å². The molecule has 106 valence electrons. The molecule has 0 radical (unpaired) electrons. The van der Waals surface area contributed by atoms with Gasteiger partial charge in [-0.3, -0.25) is 0 Å². The molecule has 0 aliphatic carbocycles. The van der Waals surface area contributed by atoms with Crippen LogP contribution in [0.1, 0.15) is 0 Å². The van der Waals surface area contributed by atoms with E-state index in [1.807, 2.05) is 56.6 Å². The van der Waals surface area contributed by atoms with Gasteiger partial charge in [-0.15, -0.1) is 0 Å². The zero-order valence-corrected chi connectivity index (χ0v) is 13.1. The van der Waals surface area contributed by atoms with E-state index in [1.165, 1.54) is 0 Å². The molecule has 0 N–H and O–H groups in total. The van der Waals surface area contributed by atoms with Crippen molar-refractivity contribution in [3.05, 3.63) is 52.5 Å². The van der Waals surface area contributed by atoms with Crippen LogP contribution in [0.25, 0.3) is 11.1 Å². The molecule has 2 aromatic rings. The van der Waals surface area contributed by atoms with Crippen molar-refractivity contribution in [2.75, 3.05) is 27.2 Å². The average molecular weight is 310 g/mol. The van der Waals surface area contributed by atoms with Crippen LogP contribution in [0, 0.1) is 0 Å². The molecule has 4 heteroatoms. The molecule has 0 fully saturated rings. The Morgan fingerprint density at radius 3 is 2.30 bits per heavy atom. The Morgan fingerprint density at radius 2 is 1.65 bits per heavy atom. The third kappa shape index (κ3) is 3.89. The first-order chi connectivity index (χ1) is 9.58. The molecule has 0 saturated carbocycles. The molecule has 0 unspecified atom stereocenters. The van der Waals surface area contributed by atoms with Crippen molar-refractivity contribution in [1.82, 2.24) is 4.90 Å². The highest BCUT2D eigenvalue weighted by Crippen LogP contribution is 2.35. The van der Waals surface area contributed by atoms with Crippen LogP contribution in [0.15, 0.2) is 42.5 Å². The Hall–Kier alpha value is -1.22. The van der Waals surface area contributed by atoms with Crippen molar-refractivity contribution in [3.63, 3.8) is 0 Å². The van der Waals surface area contributed by atoms with E-state index in [-0.39, 0.29) is 0 Å². The zero-order valence-electron chi connectivity index (χ0n) is 11.6. The Labute approximate surface area is 129 Å². The van der Waals surface area contributed by atoms with Gasteiger partial charge in [-0.05, 0) is 38.4 Å². The van der Waals surface area contributed by atoms with E-state index >= 15 is 0 Å². The van der Waals surface area contributed by atoms with Crippen molar-refractivity contribution >= 4 is 23.2 Å².